The third kappa shape index (κ3) is 3.58. The van der Waals surface area contributed by atoms with Gasteiger partial charge in [-0.1, -0.05) is 11.6 Å². The Balaban J connectivity index is 2.24. The summed E-state index contributed by atoms with van der Waals surface area (Å²) in [5.74, 6) is -1.43. The van der Waals surface area contributed by atoms with Crippen molar-refractivity contribution in [1.29, 1.82) is 0 Å². The lowest BCUT2D eigenvalue weighted by atomic mass is 10.1. The van der Waals surface area contributed by atoms with E-state index in [-0.39, 0.29) is 21.8 Å². The van der Waals surface area contributed by atoms with E-state index in [9.17, 15) is 14.0 Å². The Labute approximate surface area is 125 Å². The zero-order chi connectivity index (χ0) is 15.4. The van der Waals surface area contributed by atoms with Crippen molar-refractivity contribution in [3.63, 3.8) is 0 Å². The molecule has 0 radical (unpaired) electrons. The number of nitrogens with one attached hydrogen (secondary N) is 1. The number of anilines is 1. The summed E-state index contributed by atoms with van der Waals surface area (Å²) < 4.78 is 17.4. The monoisotopic (exact) mass is 307 g/mol. The summed E-state index contributed by atoms with van der Waals surface area (Å²) in [6.45, 7) is 0. The summed E-state index contributed by atoms with van der Waals surface area (Å²) in [5.41, 5.74) is 0.807. The highest BCUT2D eigenvalue weighted by molar-refractivity contribution is 6.34. The first kappa shape index (κ1) is 15.0. The number of ether oxygens (including phenoxy) is 1. The summed E-state index contributed by atoms with van der Waals surface area (Å²) in [5, 5.41) is 2.84. The quantitative estimate of drug-likeness (QED) is 0.883. The lowest BCUT2D eigenvalue weighted by Crippen LogP contribution is -2.13. The Morgan fingerprint density at radius 3 is 2.33 bits per heavy atom. The van der Waals surface area contributed by atoms with Gasteiger partial charge >= 0.3 is 5.97 Å². The zero-order valence-electron chi connectivity index (χ0n) is 11.0. The summed E-state index contributed by atoms with van der Waals surface area (Å²) in [6, 6.07) is 9.44. The first-order valence-corrected chi connectivity index (χ1v) is 6.34. The topological polar surface area (TPSA) is 55.4 Å². The van der Waals surface area contributed by atoms with Gasteiger partial charge in [0.25, 0.3) is 5.91 Å². The van der Waals surface area contributed by atoms with Gasteiger partial charge in [-0.25, -0.2) is 9.18 Å². The van der Waals surface area contributed by atoms with Gasteiger partial charge in [-0.3, -0.25) is 4.79 Å². The maximum absolute atomic E-state index is 12.8. The summed E-state index contributed by atoms with van der Waals surface area (Å²) in [4.78, 5) is 23.5. The van der Waals surface area contributed by atoms with Crippen molar-refractivity contribution < 1.29 is 18.7 Å². The molecule has 2 rings (SSSR count). The van der Waals surface area contributed by atoms with Gasteiger partial charge in [-0.05, 0) is 42.5 Å². The standard InChI is InChI=1S/C15H11ClFNO3/c1-21-15(20)10-4-7-12(16)13(8-10)18-14(19)9-2-5-11(17)6-3-9/h2-8H,1H3,(H,18,19). The normalized spacial score (nSPS) is 10.0. The van der Waals surface area contributed by atoms with Gasteiger partial charge in [0.2, 0.25) is 0 Å². The van der Waals surface area contributed by atoms with Crippen molar-refractivity contribution in [2.24, 2.45) is 0 Å². The molecular weight excluding hydrogens is 297 g/mol. The van der Waals surface area contributed by atoms with E-state index in [0.717, 1.165) is 0 Å². The van der Waals surface area contributed by atoms with Crippen molar-refractivity contribution in [1.82, 2.24) is 0 Å². The average molecular weight is 308 g/mol. The number of hydrogen-bond acceptors (Lipinski definition) is 3. The van der Waals surface area contributed by atoms with Crippen LogP contribution in [0.3, 0.4) is 0 Å². The predicted molar refractivity (Wildman–Crippen MR) is 77.1 cm³/mol. The molecule has 4 nitrogen and oxygen atoms in total. The minimum atomic E-state index is -0.538. The van der Waals surface area contributed by atoms with E-state index in [1.165, 1.54) is 49.6 Å². The van der Waals surface area contributed by atoms with E-state index in [1.807, 2.05) is 0 Å². The SMILES string of the molecule is COC(=O)c1ccc(Cl)c(NC(=O)c2ccc(F)cc2)c1. The fourth-order valence-corrected chi connectivity index (χ4v) is 1.83. The predicted octanol–water partition coefficient (Wildman–Crippen LogP) is 3.52. The molecule has 6 heteroatoms. The van der Waals surface area contributed by atoms with Crippen molar-refractivity contribution in [3.8, 4) is 0 Å². The molecule has 21 heavy (non-hydrogen) atoms. The molecule has 0 spiro atoms. The highest BCUT2D eigenvalue weighted by Crippen LogP contribution is 2.24. The number of methoxy groups -OCH3 is 1. The number of amides is 1. The van der Waals surface area contributed by atoms with Crippen LogP contribution in [0.5, 0.6) is 0 Å². The summed E-state index contributed by atoms with van der Waals surface area (Å²) in [7, 11) is 1.26. The van der Waals surface area contributed by atoms with Crippen LogP contribution in [0, 0.1) is 5.82 Å². The average Bonchev–Trinajstić information content (AvgIpc) is 2.49. The van der Waals surface area contributed by atoms with Crippen molar-refractivity contribution >= 4 is 29.2 Å². The van der Waals surface area contributed by atoms with E-state index >= 15 is 0 Å². The molecule has 0 fully saturated rings. The molecule has 1 amide bonds. The second-order valence-corrected chi connectivity index (χ2v) is 4.55. The minimum Gasteiger partial charge on any atom is -0.465 e. The van der Waals surface area contributed by atoms with Crippen LogP contribution < -0.4 is 5.32 Å². The third-order valence-electron chi connectivity index (χ3n) is 2.74. The smallest absolute Gasteiger partial charge is 0.337 e. The van der Waals surface area contributed by atoms with Gasteiger partial charge in [0, 0.05) is 5.56 Å². The van der Waals surface area contributed by atoms with Crippen LogP contribution in [0.25, 0.3) is 0 Å². The van der Waals surface area contributed by atoms with Crippen molar-refractivity contribution in [2.45, 2.75) is 0 Å². The molecule has 0 aliphatic carbocycles. The van der Waals surface area contributed by atoms with E-state index in [4.69, 9.17) is 11.6 Å². The first-order valence-electron chi connectivity index (χ1n) is 5.96. The Kier molecular flexibility index (Phi) is 4.55. The number of benzene rings is 2. The van der Waals surface area contributed by atoms with Gasteiger partial charge < -0.3 is 10.1 Å². The first-order chi connectivity index (χ1) is 10.0. The fraction of sp³-hybridized carbons (Fsp3) is 0.0667. The highest BCUT2D eigenvalue weighted by atomic mass is 35.5. The number of carbonyl (C=O) groups is 2. The van der Waals surface area contributed by atoms with Crippen molar-refractivity contribution in [3.05, 3.63) is 64.4 Å². The van der Waals surface area contributed by atoms with Crippen LogP contribution in [0.1, 0.15) is 20.7 Å². The second-order valence-electron chi connectivity index (χ2n) is 4.15. The largest absolute Gasteiger partial charge is 0.465 e. The molecule has 0 unspecified atom stereocenters. The number of hydrogen-bond donors (Lipinski definition) is 1. The van der Waals surface area contributed by atoms with Gasteiger partial charge in [0.05, 0.1) is 23.4 Å². The van der Waals surface area contributed by atoms with Crippen LogP contribution in [-0.2, 0) is 4.74 Å². The lowest BCUT2D eigenvalue weighted by molar-refractivity contribution is 0.0600. The summed E-state index contributed by atoms with van der Waals surface area (Å²) >= 11 is 5.97. The van der Waals surface area contributed by atoms with E-state index in [1.54, 1.807) is 0 Å². The summed E-state index contributed by atoms with van der Waals surface area (Å²) in [6.07, 6.45) is 0. The van der Waals surface area contributed by atoms with Crippen LogP contribution in [0.4, 0.5) is 10.1 Å². The number of halogens is 2. The molecule has 0 bridgehead atoms. The molecule has 0 aromatic heterocycles. The molecule has 2 aromatic rings. The van der Waals surface area contributed by atoms with Gasteiger partial charge in [-0.2, -0.15) is 0 Å². The number of esters is 1. The van der Waals surface area contributed by atoms with Crippen molar-refractivity contribution in [2.75, 3.05) is 12.4 Å². The van der Waals surface area contributed by atoms with E-state index < -0.39 is 17.7 Å². The molecule has 108 valence electrons. The van der Waals surface area contributed by atoms with E-state index in [2.05, 4.69) is 10.1 Å². The molecule has 0 aliphatic rings. The van der Waals surface area contributed by atoms with E-state index in [0.29, 0.717) is 0 Å². The van der Waals surface area contributed by atoms with Crippen LogP contribution in [0.15, 0.2) is 42.5 Å². The lowest BCUT2D eigenvalue weighted by Gasteiger charge is -2.09. The van der Waals surface area contributed by atoms with Crippen LogP contribution in [0.2, 0.25) is 5.02 Å². The van der Waals surface area contributed by atoms with Gasteiger partial charge in [-0.15, -0.1) is 0 Å². The maximum atomic E-state index is 12.8. The third-order valence-corrected chi connectivity index (χ3v) is 3.07. The maximum Gasteiger partial charge on any atom is 0.337 e. The zero-order valence-corrected chi connectivity index (χ0v) is 11.8. The van der Waals surface area contributed by atoms with Crippen LogP contribution in [-0.4, -0.2) is 19.0 Å². The molecule has 0 saturated heterocycles. The molecule has 0 aliphatic heterocycles. The molecule has 0 saturated carbocycles. The fourth-order valence-electron chi connectivity index (χ4n) is 1.66. The molecule has 0 heterocycles. The number of carbonyl (C=O) groups excluding carboxylic acids is 2. The Hall–Kier alpha value is -2.40. The molecule has 2 aromatic carbocycles. The second kappa shape index (κ2) is 6.37. The Bertz CT molecular complexity index is 686. The highest BCUT2D eigenvalue weighted by Gasteiger charge is 2.12. The van der Waals surface area contributed by atoms with Gasteiger partial charge in [0.1, 0.15) is 5.82 Å². The number of rotatable bonds is 3. The van der Waals surface area contributed by atoms with Crippen LogP contribution >= 0.6 is 11.6 Å². The van der Waals surface area contributed by atoms with Gasteiger partial charge in [0.15, 0.2) is 0 Å². The minimum absolute atomic E-state index is 0.260. The molecular formula is C15H11ClFNO3. The Morgan fingerprint density at radius 2 is 1.71 bits per heavy atom. The molecule has 0 atom stereocenters. The molecule has 1 N–H and O–H groups in total. The Morgan fingerprint density at radius 1 is 1.10 bits per heavy atom.